The summed E-state index contributed by atoms with van der Waals surface area (Å²) < 4.78 is 0. The Bertz CT molecular complexity index is 169. The number of allylic oxidation sites excluding steroid dienone is 1. The molecule has 11 heavy (non-hydrogen) atoms. The molecule has 0 amide bonds. The van der Waals surface area contributed by atoms with Gasteiger partial charge in [-0.05, 0) is 6.92 Å². The minimum Gasteiger partial charge on any atom is -0.351 e. The molecule has 0 rings (SSSR count). The molecule has 0 saturated carbocycles. The van der Waals surface area contributed by atoms with Crippen LogP contribution in [0.5, 0.6) is 0 Å². The Kier molecular flexibility index (Phi) is 5.98. The zero-order valence-corrected chi connectivity index (χ0v) is 7.13. The van der Waals surface area contributed by atoms with Gasteiger partial charge >= 0.3 is 0 Å². The molecule has 2 N–H and O–H groups in total. The minimum absolute atomic E-state index is 0.982. The highest BCUT2D eigenvalue weighted by Gasteiger charge is 1.79. The molecule has 0 saturated heterocycles. The van der Waals surface area contributed by atoms with Gasteiger partial charge in [-0.15, -0.1) is 0 Å². The van der Waals surface area contributed by atoms with Crippen molar-refractivity contribution in [3.05, 3.63) is 11.9 Å². The van der Waals surface area contributed by atoms with E-state index in [0.29, 0.717) is 0 Å². The van der Waals surface area contributed by atoms with Crippen LogP contribution in [0, 0.1) is 0 Å². The molecule has 0 aromatic heterocycles. The number of nitrogens with one attached hydrogen (secondary N) is 2. The molecule has 0 aliphatic heterocycles. The summed E-state index contributed by atoms with van der Waals surface area (Å²) in [6.07, 6.45) is 5.03. The smallest absolute Gasteiger partial charge is 0.0862 e. The molecule has 0 aliphatic carbocycles. The van der Waals surface area contributed by atoms with Crippen LogP contribution in [0.2, 0.25) is 0 Å². The standard InChI is InChI=1S/C7H14N4/c1-7(11-6-9-3)4-10-5-8-2/h4-6H,1-3H3,(H,8,10)(H,9,11)/b7-4+. The van der Waals surface area contributed by atoms with Crippen LogP contribution in [0.1, 0.15) is 6.92 Å². The van der Waals surface area contributed by atoms with E-state index in [4.69, 9.17) is 0 Å². The lowest BCUT2D eigenvalue weighted by atomic mass is 10.5. The minimum atomic E-state index is 0.982. The molecule has 0 spiro atoms. The van der Waals surface area contributed by atoms with Gasteiger partial charge < -0.3 is 10.6 Å². The van der Waals surface area contributed by atoms with E-state index in [1.165, 1.54) is 0 Å². The molecule has 0 bridgehead atoms. The van der Waals surface area contributed by atoms with Crippen LogP contribution in [-0.2, 0) is 0 Å². The van der Waals surface area contributed by atoms with Crippen molar-refractivity contribution in [2.24, 2.45) is 9.98 Å². The van der Waals surface area contributed by atoms with Crippen molar-refractivity contribution in [1.29, 1.82) is 0 Å². The summed E-state index contributed by atoms with van der Waals surface area (Å²) >= 11 is 0. The predicted octanol–water partition coefficient (Wildman–Crippen LogP) is 0.343. The fraction of sp³-hybridized carbons (Fsp3) is 0.429. The summed E-state index contributed by atoms with van der Waals surface area (Å²) in [4.78, 5) is 7.51. The Labute approximate surface area is 67.1 Å². The van der Waals surface area contributed by atoms with Crippen LogP contribution in [-0.4, -0.2) is 26.8 Å². The Morgan fingerprint density at radius 2 is 1.82 bits per heavy atom. The molecule has 4 heteroatoms. The highest BCUT2D eigenvalue weighted by atomic mass is 15.0. The molecule has 0 aliphatic rings. The first kappa shape index (κ1) is 9.68. The van der Waals surface area contributed by atoms with Gasteiger partial charge in [0.05, 0.1) is 12.7 Å². The third-order valence-electron chi connectivity index (χ3n) is 0.925. The third-order valence-corrected chi connectivity index (χ3v) is 0.925. The van der Waals surface area contributed by atoms with E-state index in [9.17, 15) is 0 Å². The van der Waals surface area contributed by atoms with Gasteiger partial charge in [0.25, 0.3) is 0 Å². The van der Waals surface area contributed by atoms with Crippen molar-refractivity contribution in [1.82, 2.24) is 10.6 Å². The summed E-state index contributed by atoms with van der Waals surface area (Å²) in [5.74, 6) is 0. The van der Waals surface area contributed by atoms with Gasteiger partial charge in [-0.3, -0.25) is 9.98 Å². The lowest BCUT2D eigenvalue weighted by Crippen LogP contribution is -2.12. The first-order chi connectivity index (χ1) is 5.31. The molecule has 62 valence electrons. The topological polar surface area (TPSA) is 48.8 Å². The summed E-state index contributed by atoms with van der Waals surface area (Å²) in [6, 6.07) is 0. The number of aliphatic imine (C=N–C) groups is 2. The van der Waals surface area contributed by atoms with E-state index in [2.05, 4.69) is 20.6 Å². The first-order valence-corrected chi connectivity index (χ1v) is 3.32. The first-order valence-electron chi connectivity index (χ1n) is 3.32. The molecule has 0 heterocycles. The van der Waals surface area contributed by atoms with Gasteiger partial charge in [-0.25, -0.2) is 0 Å². The van der Waals surface area contributed by atoms with Crippen molar-refractivity contribution in [2.45, 2.75) is 6.92 Å². The fourth-order valence-corrected chi connectivity index (χ4v) is 0.445. The van der Waals surface area contributed by atoms with E-state index < -0.39 is 0 Å². The highest BCUT2D eigenvalue weighted by Crippen LogP contribution is 1.78. The van der Waals surface area contributed by atoms with Crippen LogP contribution >= 0.6 is 0 Å². The Morgan fingerprint density at radius 1 is 1.18 bits per heavy atom. The molecule has 0 aromatic rings. The molecule has 0 unspecified atom stereocenters. The predicted molar refractivity (Wildman–Crippen MR) is 48.9 cm³/mol. The van der Waals surface area contributed by atoms with Crippen LogP contribution in [0.25, 0.3) is 0 Å². The van der Waals surface area contributed by atoms with E-state index >= 15 is 0 Å². The fourth-order valence-electron chi connectivity index (χ4n) is 0.445. The van der Waals surface area contributed by atoms with Gasteiger partial charge in [0.1, 0.15) is 0 Å². The van der Waals surface area contributed by atoms with E-state index in [-0.39, 0.29) is 0 Å². The second-order valence-electron chi connectivity index (χ2n) is 1.91. The highest BCUT2D eigenvalue weighted by molar-refractivity contribution is 5.58. The Morgan fingerprint density at radius 3 is 2.36 bits per heavy atom. The average molecular weight is 154 g/mol. The lowest BCUT2D eigenvalue weighted by molar-refractivity contribution is 1.09. The molecule has 4 nitrogen and oxygen atoms in total. The van der Waals surface area contributed by atoms with Crippen LogP contribution in [0.15, 0.2) is 21.9 Å². The summed E-state index contributed by atoms with van der Waals surface area (Å²) in [6.45, 7) is 1.93. The zero-order chi connectivity index (χ0) is 8.53. The second-order valence-corrected chi connectivity index (χ2v) is 1.91. The van der Waals surface area contributed by atoms with Crippen LogP contribution in [0.3, 0.4) is 0 Å². The maximum absolute atomic E-state index is 3.77. The SMILES string of the molecule is CN=CN/C=C(\C)NC=NC. The molecule has 0 atom stereocenters. The Hall–Kier alpha value is -1.32. The van der Waals surface area contributed by atoms with Crippen LogP contribution in [0.4, 0.5) is 0 Å². The van der Waals surface area contributed by atoms with Crippen molar-refractivity contribution in [2.75, 3.05) is 14.1 Å². The molecule has 0 aromatic carbocycles. The Balaban J connectivity index is 3.62. The summed E-state index contributed by atoms with van der Waals surface area (Å²) in [7, 11) is 3.41. The number of nitrogens with zero attached hydrogens (tertiary/aromatic N) is 2. The largest absolute Gasteiger partial charge is 0.351 e. The zero-order valence-electron chi connectivity index (χ0n) is 7.13. The molecular weight excluding hydrogens is 140 g/mol. The molecule has 0 radical (unpaired) electrons. The molecule has 0 fully saturated rings. The summed E-state index contributed by atoms with van der Waals surface area (Å²) in [5, 5.41) is 5.80. The van der Waals surface area contributed by atoms with Gasteiger partial charge in [0, 0.05) is 26.0 Å². The third kappa shape index (κ3) is 6.57. The maximum Gasteiger partial charge on any atom is 0.0862 e. The molecular formula is C7H14N4. The van der Waals surface area contributed by atoms with E-state index in [1.807, 2.05) is 6.92 Å². The van der Waals surface area contributed by atoms with Crippen molar-refractivity contribution < 1.29 is 0 Å². The van der Waals surface area contributed by atoms with Gasteiger partial charge in [0.2, 0.25) is 0 Å². The maximum atomic E-state index is 3.77. The quantitative estimate of drug-likeness (QED) is 0.453. The monoisotopic (exact) mass is 154 g/mol. The second kappa shape index (κ2) is 6.80. The summed E-state index contributed by atoms with van der Waals surface area (Å²) in [5.41, 5.74) is 0.982. The van der Waals surface area contributed by atoms with Gasteiger partial charge in [-0.1, -0.05) is 0 Å². The average Bonchev–Trinajstić information content (AvgIpc) is 2.01. The van der Waals surface area contributed by atoms with Crippen molar-refractivity contribution in [3.8, 4) is 0 Å². The lowest BCUT2D eigenvalue weighted by Gasteiger charge is -1.97. The van der Waals surface area contributed by atoms with E-state index in [0.717, 1.165) is 5.70 Å². The normalized spacial score (nSPS) is 12.8. The van der Waals surface area contributed by atoms with Crippen molar-refractivity contribution >= 4 is 12.7 Å². The van der Waals surface area contributed by atoms with Gasteiger partial charge in [-0.2, -0.15) is 0 Å². The number of hydrogen-bond acceptors (Lipinski definition) is 2. The van der Waals surface area contributed by atoms with Gasteiger partial charge in [0.15, 0.2) is 0 Å². The number of hydrogen-bond donors (Lipinski definition) is 2. The van der Waals surface area contributed by atoms with Crippen LogP contribution < -0.4 is 10.6 Å². The van der Waals surface area contributed by atoms with Crippen molar-refractivity contribution in [3.63, 3.8) is 0 Å². The number of rotatable bonds is 4. The van der Waals surface area contributed by atoms with E-state index in [1.54, 1.807) is 33.0 Å².